The van der Waals surface area contributed by atoms with E-state index in [0.717, 1.165) is 5.17 Å². The predicted octanol–water partition coefficient (Wildman–Crippen LogP) is 0.494. The summed E-state index contributed by atoms with van der Waals surface area (Å²) in [6.07, 6.45) is 0. The summed E-state index contributed by atoms with van der Waals surface area (Å²) in [6, 6.07) is 0. The summed E-state index contributed by atoms with van der Waals surface area (Å²) in [7, 11) is 3.72. The Bertz CT molecular complexity index is 240. The number of carboxylic acid groups (broad SMARTS) is 1. The number of rotatable bonds is 1. The smallest absolute Gasteiger partial charge is 0.332 e. The quantitative estimate of drug-likeness (QED) is 0.651. The van der Waals surface area contributed by atoms with Crippen molar-refractivity contribution in [2.75, 3.05) is 19.8 Å². The molecule has 1 unspecified atom stereocenters. The molecule has 0 fully saturated rings. The number of nitrogens with zero attached hydrogens (tertiary/aromatic N) is 2. The van der Waals surface area contributed by atoms with Crippen molar-refractivity contribution in [3.05, 3.63) is 0 Å². The van der Waals surface area contributed by atoms with Gasteiger partial charge in [-0.15, -0.1) is 0 Å². The zero-order chi connectivity index (χ0) is 9.35. The first-order valence-electron chi connectivity index (χ1n) is 3.59. The van der Waals surface area contributed by atoms with Gasteiger partial charge in [0.25, 0.3) is 0 Å². The summed E-state index contributed by atoms with van der Waals surface area (Å²) in [5.74, 6) is -0.331. The second-order valence-electron chi connectivity index (χ2n) is 3.16. The van der Waals surface area contributed by atoms with E-state index in [2.05, 4.69) is 4.99 Å². The Hall–Kier alpha value is -0.710. The third-order valence-corrected chi connectivity index (χ3v) is 3.09. The Morgan fingerprint density at radius 2 is 2.33 bits per heavy atom. The molecular weight excluding hydrogens is 176 g/mol. The minimum atomic E-state index is -0.926. The third-order valence-electron chi connectivity index (χ3n) is 1.67. The fourth-order valence-electron chi connectivity index (χ4n) is 0.819. The highest BCUT2D eigenvalue weighted by atomic mass is 32.2. The molecule has 4 nitrogen and oxygen atoms in total. The van der Waals surface area contributed by atoms with Gasteiger partial charge in [0.05, 0.1) is 0 Å². The number of amidine groups is 1. The van der Waals surface area contributed by atoms with E-state index in [4.69, 9.17) is 5.11 Å². The van der Waals surface area contributed by atoms with E-state index < -0.39 is 11.5 Å². The van der Waals surface area contributed by atoms with Crippen LogP contribution >= 0.6 is 11.8 Å². The molecule has 1 heterocycles. The molecule has 0 aromatic carbocycles. The number of carbonyl (C=O) groups is 1. The van der Waals surface area contributed by atoms with Crippen LogP contribution in [0.4, 0.5) is 0 Å². The van der Waals surface area contributed by atoms with Gasteiger partial charge in [0, 0.05) is 19.8 Å². The van der Waals surface area contributed by atoms with E-state index >= 15 is 0 Å². The van der Waals surface area contributed by atoms with Crippen molar-refractivity contribution in [1.82, 2.24) is 4.90 Å². The molecule has 0 radical (unpaired) electrons. The monoisotopic (exact) mass is 188 g/mol. The topological polar surface area (TPSA) is 52.9 Å². The van der Waals surface area contributed by atoms with E-state index in [0.29, 0.717) is 5.75 Å². The number of aliphatic carboxylic acids is 1. The summed E-state index contributed by atoms with van der Waals surface area (Å²) >= 11 is 1.48. The molecule has 0 bridgehead atoms. The molecule has 1 N–H and O–H groups in total. The highest BCUT2D eigenvalue weighted by Gasteiger charge is 2.38. The van der Waals surface area contributed by atoms with Gasteiger partial charge in [0.1, 0.15) is 0 Å². The van der Waals surface area contributed by atoms with Crippen LogP contribution in [0.1, 0.15) is 6.92 Å². The van der Waals surface area contributed by atoms with Crippen molar-refractivity contribution in [1.29, 1.82) is 0 Å². The molecule has 0 aromatic rings. The maximum absolute atomic E-state index is 10.8. The Balaban J connectivity index is 2.82. The zero-order valence-electron chi connectivity index (χ0n) is 7.37. The van der Waals surface area contributed by atoms with Crippen LogP contribution in [-0.2, 0) is 4.79 Å². The molecule has 1 aliphatic rings. The first-order chi connectivity index (χ1) is 5.46. The normalized spacial score (nSPS) is 28.4. The van der Waals surface area contributed by atoms with E-state index in [1.54, 1.807) is 6.92 Å². The summed E-state index contributed by atoms with van der Waals surface area (Å²) in [5.41, 5.74) is -0.926. The predicted molar refractivity (Wildman–Crippen MR) is 49.6 cm³/mol. The number of thioether (sulfide) groups is 1. The summed E-state index contributed by atoms with van der Waals surface area (Å²) in [5, 5.41) is 9.62. The van der Waals surface area contributed by atoms with Crippen molar-refractivity contribution in [2.45, 2.75) is 12.5 Å². The molecule has 0 spiro atoms. The van der Waals surface area contributed by atoms with Crippen molar-refractivity contribution in [2.24, 2.45) is 4.99 Å². The molecule has 5 heteroatoms. The van der Waals surface area contributed by atoms with Gasteiger partial charge in [-0.2, -0.15) is 0 Å². The minimum absolute atomic E-state index is 0.524. The van der Waals surface area contributed by atoms with Gasteiger partial charge in [-0.3, -0.25) is 0 Å². The highest BCUT2D eigenvalue weighted by molar-refractivity contribution is 8.14. The maximum atomic E-state index is 10.8. The van der Waals surface area contributed by atoms with E-state index in [-0.39, 0.29) is 0 Å². The van der Waals surface area contributed by atoms with Gasteiger partial charge >= 0.3 is 5.97 Å². The molecule has 1 aliphatic heterocycles. The minimum Gasteiger partial charge on any atom is -0.479 e. The summed E-state index contributed by atoms with van der Waals surface area (Å²) in [6.45, 7) is 1.64. The van der Waals surface area contributed by atoms with Gasteiger partial charge < -0.3 is 10.0 Å². The Labute approximate surface area is 75.7 Å². The van der Waals surface area contributed by atoms with Crippen LogP contribution in [0.3, 0.4) is 0 Å². The number of carboxylic acids is 1. The fraction of sp³-hybridized carbons (Fsp3) is 0.714. The van der Waals surface area contributed by atoms with Crippen LogP contribution in [0, 0.1) is 0 Å². The van der Waals surface area contributed by atoms with Gasteiger partial charge in [-0.25, -0.2) is 9.79 Å². The zero-order valence-corrected chi connectivity index (χ0v) is 8.18. The Morgan fingerprint density at radius 1 is 1.75 bits per heavy atom. The van der Waals surface area contributed by atoms with Gasteiger partial charge in [-0.1, -0.05) is 11.8 Å². The number of hydrogen-bond donors (Lipinski definition) is 1. The average molecular weight is 188 g/mol. The molecule has 0 saturated carbocycles. The third kappa shape index (κ3) is 1.55. The number of aliphatic imine (C=N–C) groups is 1. The fourth-order valence-corrected chi connectivity index (χ4v) is 1.94. The molecule has 0 saturated heterocycles. The highest BCUT2D eigenvalue weighted by Crippen LogP contribution is 2.28. The van der Waals surface area contributed by atoms with E-state index in [1.807, 2.05) is 19.0 Å². The van der Waals surface area contributed by atoms with Crippen LogP contribution in [-0.4, -0.2) is 46.5 Å². The van der Waals surface area contributed by atoms with Crippen molar-refractivity contribution in [3.63, 3.8) is 0 Å². The molecule has 12 heavy (non-hydrogen) atoms. The lowest BCUT2D eigenvalue weighted by molar-refractivity contribution is -0.141. The molecular formula is C7H12N2O2S. The van der Waals surface area contributed by atoms with Crippen molar-refractivity contribution < 1.29 is 9.90 Å². The molecule has 0 amide bonds. The second-order valence-corrected chi connectivity index (χ2v) is 4.10. The maximum Gasteiger partial charge on any atom is 0.332 e. The lowest BCUT2D eigenvalue weighted by Crippen LogP contribution is -2.33. The van der Waals surface area contributed by atoms with Gasteiger partial charge in [0.15, 0.2) is 10.7 Å². The second kappa shape index (κ2) is 2.97. The number of hydrogen-bond acceptors (Lipinski definition) is 4. The van der Waals surface area contributed by atoms with Crippen LogP contribution in [0.5, 0.6) is 0 Å². The average Bonchev–Trinajstić information content (AvgIpc) is 2.33. The standard InChI is InChI=1S/C7H12N2O2S/c1-7(5(10)11)4-12-6(8-7)9(2)3/h4H2,1-3H3,(H,10,11). The Kier molecular flexibility index (Phi) is 2.32. The molecule has 0 aromatic heterocycles. The van der Waals surface area contributed by atoms with Crippen molar-refractivity contribution >= 4 is 22.9 Å². The van der Waals surface area contributed by atoms with Crippen LogP contribution in [0.15, 0.2) is 4.99 Å². The lowest BCUT2D eigenvalue weighted by atomic mass is 10.1. The first-order valence-corrected chi connectivity index (χ1v) is 4.57. The van der Waals surface area contributed by atoms with Crippen LogP contribution in [0.25, 0.3) is 0 Å². The van der Waals surface area contributed by atoms with Crippen molar-refractivity contribution in [3.8, 4) is 0 Å². The Morgan fingerprint density at radius 3 is 2.58 bits per heavy atom. The summed E-state index contributed by atoms with van der Waals surface area (Å²) < 4.78 is 0. The van der Waals surface area contributed by atoms with E-state index in [1.165, 1.54) is 11.8 Å². The largest absolute Gasteiger partial charge is 0.479 e. The van der Waals surface area contributed by atoms with Crippen LogP contribution < -0.4 is 0 Å². The van der Waals surface area contributed by atoms with Gasteiger partial charge in [0.2, 0.25) is 0 Å². The first kappa shape index (κ1) is 9.38. The SMILES string of the molecule is CN(C)C1=NC(C)(C(=O)O)CS1. The van der Waals surface area contributed by atoms with E-state index in [9.17, 15) is 4.79 Å². The molecule has 0 aliphatic carbocycles. The molecule has 1 rings (SSSR count). The lowest BCUT2D eigenvalue weighted by Gasteiger charge is -2.12. The summed E-state index contributed by atoms with van der Waals surface area (Å²) in [4.78, 5) is 16.7. The van der Waals surface area contributed by atoms with Crippen LogP contribution in [0.2, 0.25) is 0 Å². The van der Waals surface area contributed by atoms with Gasteiger partial charge in [-0.05, 0) is 6.92 Å². The molecule has 68 valence electrons. The molecule has 1 atom stereocenters.